The molecule has 0 aliphatic rings. The van der Waals surface area contributed by atoms with E-state index in [-0.39, 0.29) is 0 Å². The maximum atomic E-state index is 9.70. The van der Waals surface area contributed by atoms with Gasteiger partial charge in [0.05, 0.1) is 6.61 Å². The summed E-state index contributed by atoms with van der Waals surface area (Å²) in [6.45, 7) is 10.8. The predicted molar refractivity (Wildman–Crippen MR) is 49.5 cm³/mol. The largest absolute Gasteiger partial charge is 0.457 e. The van der Waals surface area contributed by atoms with Crippen molar-refractivity contribution in [3.8, 4) is 0 Å². The summed E-state index contributed by atoms with van der Waals surface area (Å²) in [5.74, 6) is 0.660. The van der Waals surface area contributed by atoms with Gasteiger partial charge in [0.2, 0.25) is 0 Å². The number of carbonyl (C=O) groups excluding carboxylic acids is 1. The standard InChI is InChI=1S/C10H19O2/c1-9(10(2,3)4)6-5-7-12-8-11/h9H,5-7H2,1-4H3. The zero-order chi connectivity index (χ0) is 9.61. The van der Waals surface area contributed by atoms with Gasteiger partial charge in [0.25, 0.3) is 0 Å². The third-order valence-corrected chi connectivity index (χ3v) is 2.42. The fourth-order valence-electron chi connectivity index (χ4n) is 0.936. The van der Waals surface area contributed by atoms with Gasteiger partial charge in [-0.25, -0.2) is 4.79 Å². The fourth-order valence-corrected chi connectivity index (χ4v) is 0.936. The van der Waals surface area contributed by atoms with Crippen molar-refractivity contribution in [3.63, 3.8) is 0 Å². The van der Waals surface area contributed by atoms with Crippen LogP contribution in [0.2, 0.25) is 0 Å². The van der Waals surface area contributed by atoms with Gasteiger partial charge in [-0.1, -0.05) is 27.7 Å². The minimum atomic E-state index is 0.352. The lowest BCUT2D eigenvalue weighted by Crippen LogP contribution is -2.17. The lowest BCUT2D eigenvalue weighted by molar-refractivity contribution is 0.212. The molecule has 0 saturated heterocycles. The van der Waals surface area contributed by atoms with E-state index < -0.39 is 0 Å². The number of rotatable bonds is 5. The van der Waals surface area contributed by atoms with E-state index in [4.69, 9.17) is 0 Å². The Kier molecular flexibility index (Phi) is 4.95. The van der Waals surface area contributed by atoms with Crippen LogP contribution in [0.5, 0.6) is 0 Å². The van der Waals surface area contributed by atoms with Gasteiger partial charge < -0.3 is 4.74 Å². The molecule has 1 unspecified atom stereocenters. The van der Waals surface area contributed by atoms with E-state index in [1.54, 1.807) is 0 Å². The molecule has 0 aromatic carbocycles. The fraction of sp³-hybridized carbons (Fsp3) is 0.900. The number of ether oxygens (including phenoxy) is 1. The van der Waals surface area contributed by atoms with E-state index >= 15 is 0 Å². The van der Waals surface area contributed by atoms with Crippen LogP contribution in [0.25, 0.3) is 0 Å². The van der Waals surface area contributed by atoms with Crippen LogP contribution < -0.4 is 0 Å². The van der Waals surface area contributed by atoms with Gasteiger partial charge in [-0.05, 0) is 24.2 Å². The lowest BCUT2D eigenvalue weighted by atomic mass is 9.79. The molecule has 0 fully saturated rings. The Balaban J connectivity index is 3.44. The van der Waals surface area contributed by atoms with Crippen molar-refractivity contribution in [2.24, 2.45) is 11.3 Å². The van der Waals surface area contributed by atoms with Crippen molar-refractivity contribution in [3.05, 3.63) is 0 Å². The van der Waals surface area contributed by atoms with Gasteiger partial charge in [0, 0.05) is 0 Å². The van der Waals surface area contributed by atoms with Crippen molar-refractivity contribution in [1.82, 2.24) is 0 Å². The van der Waals surface area contributed by atoms with Crippen LogP contribution in [-0.4, -0.2) is 13.1 Å². The molecule has 0 rings (SSSR count). The van der Waals surface area contributed by atoms with E-state index in [1.165, 1.54) is 6.47 Å². The average molecular weight is 171 g/mol. The highest BCUT2D eigenvalue weighted by Gasteiger charge is 2.18. The second-order valence-corrected chi connectivity index (χ2v) is 4.34. The van der Waals surface area contributed by atoms with Crippen LogP contribution in [0.15, 0.2) is 0 Å². The summed E-state index contributed by atoms with van der Waals surface area (Å²) in [7, 11) is 0. The molecular weight excluding hydrogens is 152 g/mol. The second kappa shape index (κ2) is 5.18. The van der Waals surface area contributed by atoms with Gasteiger partial charge in [-0.2, -0.15) is 0 Å². The number of hydrogen-bond donors (Lipinski definition) is 0. The first-order valence-electron chi connectivity index (χ1n) is 4.47. The molecule has 0 aliphatic carbocycles. The van der Waals surface area contributed by atoms with Gasteiger partial charge in [-0.15, -0.1) is 0 Å². The maximum absolute atomic E-state index is 9.70. The summed E-state index contributed by atoms with van der Waals surface area (Å²) < 4.78 is 4.49. The molecule has 0 bridgehead atoms. The van der Waals surface area contributed by atoms with Gasteiger partial charge in [0.15, 0.2) is 0 Å². The van der Waals surface area contributed by atoms with Crippen molar-refractivity contribution in [1.29, 1.82) is 0 Å². The Morgan fingerprint density at radius 1 is 1.42 bits per heavy atom. The zero-order valence-corrected chi connectivity index (χ0v) is 8.52. The molecular formula is C10H19O2. The first kappa shape index (κ1) is 11.5. The quantitative estimate of drug-likeness (QED) is 0.594. The van der Waals surface area contributed by atoms with Crippen LogP contribution >= 0.6 is 0 Å². The van der Waals surface area contributed by atoms with Crippen LogP contribution in [-0.2, 0) is 9.53 Å². The van der Waals surface area contributed by atoms with Crippen LogP contribution in [0.4, 0.5) is 0 Å². The monoisotopic (exact) mass is 171 g/mol. The minimum Gasteiger partial charge on any atom is -0.457 e. The molecule has 1 radical (unpaired) electrons. The Morgan fingerprint density at radius 3 is 2.42 bits per heavy atom. The SMILES string of the molecule is CC(CCCO[C]=O)C(C)(C)C. The molecule has 0 aromatic heterocycles. The Bertz CT molecular complexity index is 124. The molecule has 71 valence electrons. The highest BCUT2D eigenvalue weighted by Crippen LogP contribution is 2.28. The molecule has 1 atom stereocenters. The topological polar surface area (TPSA) is 26.3 Å². The molecule has 12 heavy (non-hydrogen) atoms. The summed E-state index contributed by atoms with van der Waals surface area (Å²) >= 11 is 0. The van der Waals surface area contributed by atoms with Gasteiger partial charge in [0.1, 0.15) is 0 Å². The van der Waals surface area contributed by atoms with Gasteiger partial charge >= 0.3 is 6.47 Å². The van der Waals surface area contributed by atoms with Crippen LogP contribution in [0, 0.1) is 11.3 Å². The smallest absolute Gasteiger partial charge is 0.417 e. The summed E-state index contributed by atoms with van der Waals surface area (Å²) in [5, 5.41) is 0. The highest BCUT2D eigenvalue weighted by atomic mass is 16.5. The summed E-state index contributed by atoms with van der Waals surface area (Å²) in [4.78, 5) is 9.70. The summed E-state index contributed by atoms with van der Waals surface area (Å²) in [5.41, 5.74) is 0.352. The van der Waals surface area contributed by atoms with Crippen molar-refractivity contribution in [2.45, 2.75) is 40.5 Å². The Labute approximate surface area is 75.3 Å². The first-order chi connectivity index (χ1) is 5.48. The molecule has 0 N–H and O–H groups in total. The highest BCUT2D eigenvalue weighted by molar-refractivity contribution is 5.37. The van der Waals surface area contributed by atoms with E-state index in [0.29, 0.717) is 17.9 Å². The molecule has 2 heteroatoms. The summed E-state index contributed by atoms with van der Waals surface area (Å²) in [6.07, 6.45) is 2.04. The predicted octanol–water partition coefficient (Wildman–Crippen LogP) is 2.53. The molecule has 0 heterocycles. The van der Waals surface area contributed by atoms with Crippen molar-refractivity contribution < 1.29 is 9.53 Å². The maximum Gasteiger partial charge on any atom is 0.417 e. The van der Waals surface area contributed by atoms with Crippen LogP contribution in [0.3, 0.4) is 0 Å². The lowest BCUT2D eigenvalue weighted by Gasteiger charge is -2.26. The van der Waals surface area contributed by atoms with Crippen molar-refractivity contribution >= 4 is 6.47 Å². The van der Waals surface area contributed by atoms with Crippen LogP contribution in [0.1, 0.15) is 40.5 Å². The molecule has 0 aliphatic heterocycles. The third kappa shape index (κ3) is 5.16. The molecule has 0 amide bonds. The van der Waals surface area contributed by atoms with E-state index in [2.05, 4.69) is 32.4 Å². The molecule has 0 saturated carbocycles. The first-order valence-corrected chi connectivity index (χ1v) is 4.47. The Morgan fingerprint density at radius 2 is 2.00 bits per heavy atom. The van der Waals surface area contributed by atoms with E-state index in [1.807, 2.05) is 0 Å². The number of hydrogen-bond acceptors (Lipinski definition) is 2. The van der Waals surface area contributed by atoms with E-state index in [0.717, 1.165) is 12.8 Å². The molecule has 2 nitrogen and oxygen atoms in total. The Hall–Kier alpha value is -0.530. The van der Waals surface area contributed by atoms with Gasteiger partial charge in [-0.3, -0.25) is 0 Å². The van der Waals surface area contributed by atoms with Crippen molar-refractivity contribution in [2.75, 3.05) is 6.61 Å². The normalized spacial score (nSPS) is 14.0. The molecule has 0 spiro atoms. The second-order valence-electron chi connectivity index (χ2n) is 4.34. The van der Waals surface area contributed by atoms with E-state index in [9.17, 15) is 4.79 Å². The summed E-state index contributed by atoms with van der Waals surface area (Å²) in [6, 6.07) is 0. The minimum absolute atomic E-state index is 0.352. The average Bonchev–Trinajstić information content (AvgIpc) is 1.96. The molecule has 0 aromatic rings. The zero-order valence-electron chi connectivity index (χ0n) is 8.52. The third-order valence-electron chi connectivity index (χ3n) is 2.42.